The van der Waals surface area contributed by atoms with Gasteiger partial charge in [-0.1, -0.05) is 32.6 Å². The molecule has 146 valence electrons. The van der Waals surface area contributed by atoms with Crippen molar-refractivity contribution in [3.63, 3.8) is 0 Å². The summed E-state index contributed by atoms with van der Waals surface area (Å²) in [6, 6.07) is 8.51. The normalized spacial score (nSPS) is 16.3. The number of benzene rings is 1. The van der Waals surface area contributed by atoms with Gasteiger partial charge in [0.15, 0.2) is 6.54 Å². The molecule has 0 aromatic heterocycles. The summed E-state index contributed by atoms with van der Waals surface area (Å²) < 4.78 is 5.22. The number of unbranched alkanes of at least 4 members (excludes halogenated alkanes) is 3. The number of quaternary nitrogens is 1. The zero-order valence-corrected chi connectivity index (χ0v) is 16.7. The number of nitrogens with one attached hydrogen (secondary N) is 2. The summed E-state index contributed by atoms with van der Waals surface area (Å²) in [5, 5.41) is 3.17. The van der Waals surface area contributed by atoms with E-state index in [1.807, 2.05) is 12.1 Å². The molecule has 0 radical (unpaired) electrons. The molecule has 2 N–H and O–H groups in total. The fraction of sp³-hybridized carbons (Fsp3) is 0.667. The molecule has 1 heterocycles. The highest BCUT2D eigenvalue weighted by Gasteiger charge is 2.22. The summed E-state index contributed by atoms with van der Waals surface area (Å²) >= 11 is 0. The Balaban J connectivity index is 1.66. The molecule has 1 aromatic rings. The van der Waals surface area contributed by atoms with E-state index in [4.69, 9.17) is 4.74 Å². The van der Waals surface area contributed by atoms with Gasteiger partial charge < -0.3 is 19.9 Å². The van der Waals surface area contributed by atoms with E-state index in [1.54, 1.807) is 7.11 Å². The van der Waals surface area contributed by atoms with Gasteiger partial charge in [0.1, 0.15) is 5.75 Å². The molecule has 0 bridgehead atoms. The fourth-order valence-electron chi connectivity index (χ4n) is 3.55. The number of rotatable bonds is 10. The highest BCUT2D eigenvalue weighted by atomic mass is 16.5. The van der Waals surface area contributed by atoms with Crippen LogP contribution in [-0.4, -0.2) is 51.8 Å². The Morgan fingerprint density at radius 3 is 2.50 bits per heavy atom. The van der Waals surface area contributed by atoms with Crippen LogP contribution in [0.4, 0.5) is 5.69 Å². The van der Waals surface area contributed by atoms with Gasteiger partial charge in [-0.25, -0.2) is 0 Å². The number of carbonyl (C=O) groups excluding carboxylic acids is 1. The lowest BCUT2D eigenvalue weighted by molar-refractivity contribution is -0.892. The Labute approximate surface area is 158 Å². The SMILES string of the molecule is CCCCCC[C@@H](C)NC(=O)C[NH+]1CCN(c2ccc(OC)cc2)CC1. The van der Waals surface area contributed by atoms with Crippen LogP contribution in [0.2, 0.25) is 0 Å². The van der Waals surface area contributed by atoms with E-state index < -0.39 is 0 Å². The van der Waals surface area contributed by atoms with E-state index in [2.05, 4.69) is 36.2 Å². The first-order chi connectivity index (χ1) is 12.6. The maximum Gasteiger partial charge on any atom is 0.275 e. The molecule has 5 heteroatoms. The van der Waals surface area contributed by atoms with E-state index in [0.29, 0.717) is 12.6 Å². The Bertz CT molecular complexity index is 525. The number of hydrogen-bond donors (Lipinski definition) is 2. The lowest BCUT2D eigenvalue weighted by Crippen LogP contribution is -3.16. The second kappa shape index (κ2) is 11.1. The van der Waals surface area contributed by atoms with Crippen molar-refractivity contribution in [2.45, 2.75) is 52.0 Å². The molecule has 1 fully saturated rings. The Morgan fingerprint density at radius 2 is 1.88 bits per heavy atom. The monoisotopic (exact) mass is 362 g/mol. The van der Waals surface area contributed by atoms with Crippen molar-refractivity contribution in [2.24, 2.45) is 0 Å². The van der Waals surface area contributed by atoms with Gasteiger partial charge in [0.2, 0.25) is 0 Å². The Kier molecular flexibility index (Phi) is 8.75. The van der Waals surface area contributed by atoms with Crippen LogP contribution in [0.3, 0.4) is 0 Å². The molecule has 0 aliphatic carbocycles. The van der Waals surface area contributed by atoms with Gasteiger partial charge in [-0.3, -0.25) is 4.79 Å². The first-order valence-electron chi connectivity index (χ1n) is 10.1. The van der Waals surface area contributed by atoms with E-state index in [9.17, 15) is 4.79 Å². The second-order valence-electron chi connectivity index (χ2n) is 7.43. The molecule has 1 saturated heterocycles. The molecule has 0 spiro atoms. The van der Waals surface area contributed by atoms with E-state index in [-0.39, 0.29) is 5.91 Å². The minimum Gasteiger partial charge on any atom is -0.497 e. The van der Waals surface area contributed by atoms with Crippen molar-refractivity contribution >= 4 is 11.6 Å². The molecule has 1 aromatic carbocycles. The van der Waals surface area contributed by atoms with Crippen LogP contribution in [-0.2, 0) is 4.79 Å². The van der Waals surface area contributed by atoms with E-state index >= 15 is 0 Å². The van der Waals surface area contributed by atoms with Gasteiger partial charge in [0.05, 0.1) is 33.3 Å². The standard InChI is InChI=1S/C21H35N3O2/c1-4-5-6-7-8-18(2)22-21(25)17-23-13-15-24(16-14-23)19-9-11-20(26-3)12-10-19/h9-12,18H,4-8,13-17H2,1-3H3,(H,22,25)/p+1/t18-/m1/s1. The minimum absolute atomic E-state index is 0.195. The van der Waals surface area contributed by atoms with Gasteiger partial charge in [-0.2, -0.15) is 0 Å². The second-order valence-corrected chi connectivity index (χ2v) is 7.43. The summed E-state index contributed by atoms with van der Waals surface area (Å²) in [5.74, 6) is 1.08. The molecule has 26 heavy (non-hydrogen) atoms. The number of carbonyl (C=O) groups is 1. The smallest absolute Gasteiger partial charge is 0.275 e. The zero-order chi connectivity index (χ0) is 18.8. The van der Waals surface area contributed by atoms with Crippen LogP contribution in [0.25, 0.3) is 0 Å². The molecule has 2 rings (SSSR count). The summed E-state index contributed by atoms with van der Waals surface area (Å²) in [5.41, 5.74) is 1.23. The minimum atomic E-state index is 0.195. The number of hydrogen-bond acceptors (Lipinski definition) is 3. The molecular weight excluding hydrogens is 326 g/mol. The third kappa shape index (κ3) is 6.87. The van der Waals surface area contributed by atoms with Gasteiger partial charge in [-0.05, 0) is 37.6 Å². The van der Waals surface area contributed by atoms with Crippen molar-refractivity contribution in [3.05, 3.63) is 24.3 Å². The predicted molar refractivity (Wildman–Crippen MR) is 107 cm³/mol. The molecule has 1 aliphatic rings. The molecule has 1 atom stereocenters. The lowest BCUT2D eigenvalue weighted by atomic mass is 10.1. The van der Waals surface area contributed by atoms with Crippen LogP contribution < -0.4 is 19.9 Å². The highest BCUT2D eigenvalue weighted by Crippen LogP contribution is 2.18. The maximum atomic E-state index is 12.3. The number of piperazine rings is 1. The van der Waals surface area contributed by atoms with Gasteiger partial charge in [0, 0.05) is 11.7 Å². The van der Waals surface area contributed by atoms with E-state index in [0.717, 1.165) is 38.3 Å². The Hall–Kier alpha value is -1.75. The summed E-state index contributed by atoms with van der Waals surface area (Å²) in [6.07, 6.45) is 6.13. The van der Waals surface area contributed by atoms with Crippen LogP contribution in [0, 0.1) is 0 Å². The van der Waals surface area contributed by atoms with Crippen molar-refractivity contribution in [2.75, 3.05) is 44.7 Å². The maximum absolute atomic E-state index is 12.3. The predicted octanol–water partition coefficient (Wildman–Crippen LogP) is 1.88. The van der Waals surface area contributed by atoms with Gasteiger partial charge in [-0.15, -0.1) is 0 Å². The molecule has 1 amide bonds. The molecule has 5 nitrogen and oxygen atoms in total. The van der Waals surface area contributed by atoms with Crippen LogP contribution >= 0.6 is 0 Å². The number of nitrogens with zero attached hydrogens (tertiary/aromatic N) is 1. The van der Waals surface area contributed by atoms with Gasteiger partial charge >= 0.3 is 0 Å². The number of amides is 1. The third-order valence-electron chi connectivity index (χ3n) is 5.22. The first kappa shape index (κ1) is 20.6. The summed E-state index contributed by atoms with van der Waals surface area (Å²) in [6.45, 7) is 8.93. The lowest BCUT2D eigenvalue weighted by Gasteiger charge is -2.33. The zero-order valence-electron chi connectivity index (χ0n) is 16.7. The van der Waals surface area contributed by atoms with Crippen LogP contribution in [0.5, 0.6) is 5.75 Å². The number of ether oxygens (including phenoxy) is 1. The molecule has 1 aliphatic heterocycles. The van der Waals surface area contributed by atoms with Crippen LogP contribution in [0.1, 0.15) is 46.0 Å². The van der Waals surface area contributed by atoms with Crippen molar-refractivity contribution in [3.8, 4) is 5.75 Å². The highest BCUT2D eigenvalue weighted by molar-refractivity contribution is 5.77. The van der Waals surface area contributed by atoms with Crippen LogP contribution in [0.15, 0.2) is 24.3 Å². The van der Waals surface area contributed by atoms with Crippen molar-refractivity contribution in [1.29, 1.82) is 0 Å². The fourth-order valence-corrected chi connectivity index (χ4v) is 3.55. The summed E-state index contributed by atoms with van der Waals surface area (Å²) in [7, 11) is 1.69. The third-order valence-corrected chi connectivity index (χ3v) is 5.22. The van der Waals surface area contributed by atoms with E-state index in [1.165, 1.54) is 36.3 Å². The number of methoxy groups -OCH3 is 1. The molecular formula is C21H36N3O2+. The molecule has 0 unspecified atom stereocenters. The average molecular weight is 363 g/mol. The Morgan fingerprint density at radius 1 is 1.19 bits per heavy atom. The number of anilines is 1. The average Bonchev–Trinajstić information content (AvgIpc) is 2.66. The quantitative estimate of drug-likeness (QED) is 0.625. The first-order valence-corrected chi connectivity index (χ1v) is 10.1. The molecule has 0 saturated carbocycles. The van der Waals surface area contributed by atoms with Crippen molar-refractivity contribution < 1.29 is 14.4 Å². The van der Waals surface area contributed by atoms with Crippen molar-refractivity contribution in [1.82, 2.24) is 5.32 Å². The largest absolute Gasteiger partial charge is 0.497 e. The topological polar surface area (TPSA) is 46.0 Å². The van der Waals surface area contributed by atoms with Gasteiger partial charge in [0.25, 0.3) is 5.91 Å². The summed E-state index contributed by atoms with van der Waals surface area (Å²) in [4.78, 5) is 16.0.